The topological polar surface area (TPSA) is 195 Å². The lowest BCUT2D eigenvalue weighted by Crippen LogP contribution is -2.50. The van der Waals surface area contributed by atoms with Crippen LogP contribution >= 0.6 is 0 Å². The summed E-state index contributed by atoms with van der Waals surface area (Å²) in [6.45, 7) is 5.52. The van der Waals surface area contributed by atoms with E-state index in [-0.39, 0.29) is 30.8 Å². The quantitative estimate of drug-likeness (QED) is 0.248. The smallest absolute Gasteiger partial charge is 0.331 e. The van der Waals surface area contributed by atoms with E-state index >= 15 is 8.78 Å². The van der Waals surface area contributed by atoms with Gasteiger partial charge in [-0.2, -0.15) is 0 Å². The van der Waals surface area contributed by atoms with Gasteiger partial charge in [0.15, 0.2) is 0 Å². The SMILES string of the molecule is CN1CCC(=O)N(c2ccc(C[C@H](NC(=O)c3c(F)cc(NS(=O)(=O)c4ccc(C(=O)NC(C)(C)C)nc4)cc3F)C(=O)O)cc2)C1=O. The fourth-order valence-corrected chi connectivity index (χ4v) is 5.58. The van der Waals surface area contributed by atoms with E-state index in [0.717, 1.165) is 23.2 Å². The minimum Gasteiger partial charge on any atom is -0.480 e. The van der Waals surface area contributed by atoms with Crippen LogP contribution in [0.1, 0.15) is 53.6 Å². The summed E-state index contributed by atoms with van der Waals surface area (Å²) in [6, 6.07) is 6.90. The van der Waals surface area contributed by atoms with Gasteiger partial charge in [-0.05, 0) is 62.7 Å². The van der Waals surface area contributed by atoms with Gasteiger partial charge in [-0.25, -0.2) is 36.7 Å². The van der Waals surface area contributed by atoms with Gasteiger partial charge >= 0.3 is 12.0 Å². The highest BCUT2D eigenvalue weighted by Crippen LogP contribution is 2.24. The number of benzene rings is 2. The van der Waals surface area contributed by atoms with E-state index in [2.05, 4.69) is 15.6 Å². The average Bonchev–Trinajstić information content (AvgIpc) is 2.98. The van der Waals surface area contributed by atoms with E-state index in [1.54, 1.807) is 27.8 Å². The van der Waals surface area contributed by atoms with Crippen LogP contribution < -0.4 is 20.3 Å². The van der Waals surface area contributed by atoms with Crippen LogP contribution in [0.2, 0.25) is 0 Å². The summed E-state index contributed by atoms with van der Waals surface area (Å²) in [5.74, 6) is -6.84. The number of hydrogen-bond acceptors (Lipinski definition) is 8. The highest BCUT2D eigenvalue weighted by atomic mass is 32.2. The molecule has 17 heteroatoms. The molecule has 1 fully saturated rings. The number of amides is 5. The molecule has 0 radical (unpaired) electrons. The molecule has 0 spiro atoms. The van der Waals surface area contributed by atoms with Crippen molar-refractivity contribution in [3.8, 4) is 0 Å². The third-order valence-electron chi connectivity index (χ3n) is 6.96. The van der Waals surface area contributed by atoms with Crippen molar-refractivity contribution >= 4 is 51.1 Å². The van der Waals surface area contributed by atoms with E-state index in [1.807, 2.05) is 4.72 Å². The minimum atomic E-state index is -4.44. The van der Waals surface area contributed by atoms with Crippen LogP contribution in [0.3, 0.4) is 0 Å². The van der Waals surface area contributed by atoms with Gasteiger partial charge in [0, 0.05) is 38.2 Å². The third kappa shape index (κ3) is 8.28. The summed E-state index contributed by atoms with van der Waals surface area (Å²) < 4.78 is 57.6. The van der Waals surface area contributed by atoms with Crippen LogP contribution in [0.15, 0.2) is 59.6 Å². The van der Waals surface area contributed by atoms with E-state index < -0.39 is 79.1 Å². The van der Waals surface area contributed by atoms with Gasteiger partial charge in [-0.1, -0.05) is 12.1 Å². The summed E-state index contributed by atoms with van der Waals surface area (Å²) in [5.41, 5.74) is -1.75. The maximum absolute atomic E-state index is 15.0. The monoisotopic (exact) mass is 686 g/mol. The van der Waals surface area contributed by atoms with Crippen LogP contribution in [-0.2, 0) is 26.0 Å². The molecule has 0 unspecified atom stereocenters. The summed E-state index contributed by atoms with van der Waals surface area (Å²) in [7, 11) is -2.90. The van der Waals surface area contributed by atoms with Gasteiger partial charge in [0.05, 0.1) is 11.4 Å². The van der Waals surface area contributed by atoms with Crippen LogP contribution in [0.25, 0.3) is 0 Å². The number of rotatable bonds is 10. The number of halogens is 2. The molecule has 0 aliphatic carbocycles. The number of nitrogens with zero attached hydrogens (tertiary/aromatic N) is 3. The van der Waals surface area contributed by atoms with Gasteiger partial charge in [-0.15, -0.1) is 0 Å². The number of carbonyl (C=O) groups is 5. The Morgan fingerprint density at radius 3 is 2.17 bits per heavy atom. The van der Waals surface area contributed by atoms with Crippen LogP contribution in [0, 0.1) is 11.6 Å². The third-order valence-corrected chi connectivity index (χ3v) is 8.32. The van der Waals surface area contributed by atoms with Gasteiger partial charge in [0.1, 0.15) is 33.8 Å². The zero-order chi connectivity index (χ0) is 35.6. The molecule has 5 amide bonds. The average molecular weight is 687 g/mol. The number of pyridine rings is 1. The van der Waals surface area contributed by atoms with Crippen LogP contribution in [0.5, 0.6) is 0 Å². The van der Waals surface area contributed by atoms with Gasteiger partial charge < -0.3 is 20.6 Å². The lowest BCUT2D eigenvalue weighted by molar-refractivity contribution is -0.139. The Bertz CT molecular complexity index is 1860. The molecular formula is C31H32F2N6O8S. The molecule has 1 aliphatic heterocycles. The van der Waals surface area contributed by atoms with Crippen molar-refractivity contribution in [2.24, 2.45) is 0 Å². The first kappa shape index (κ1) is 35.4. The highest BCUT2D eigenvalue weighted by molar-refractivity contribution is 7.92. The molecule has 1 atom stereocenters. The zero-order valence-electron chi connectivity index (χ0n) is 26.2. The predicted molar refractivity (Wildman–Crippen MR) is 168 cm³/mol. The fraction of sp³-hybridized carbons (Fsp3) is 0.290. The van der Waals surface area contributed by atoms with Crippen molar-refractivity contribution in [1.29, 1.82) is 0 Å². The predicted octanol–water partition coefficient (Wildman–Crippen LogP) is 2.90. The Balaban J connectivity index is 1.45. The number of carboxylic acid groups (broad SMARTS) is 1. The second-order valence-corrected chi connectivity index (χ2v) is 13.6. The number of sulfonamides is 1. The molecule has 2 aromatic carbocycles. The van der Waals surface area contributed by atoms with Crippen molar-refractivity contribution in [2.45, 2.75) is 50.1 Å². The van der Waals surface area contributed by atoms with Gasteiger partial charge in [-0.3, -0.25) is 19.1 Å². The number of aliphatic carboxylic acids is 1. The number of urea groups is 1. The molecule has 1 aromatic heterocycles. The number of carboxylic acids is 1. The Hall–Kier alpha value is -5.45. The molecular weight excluding hydrogens is 654 g/mol. The molecule has 3 aromatic rings. The molecule has 48 heavy (non-hydrogen) atoms. The normalized spacial score (nSPS) is 14.4. The molecule has 254 valence electrons. The molecule has 0 saturated carbocycles. The number of aromatic nitrogens is 1. The van der Waals surface area contributed by atoms with Crippen molar-refractivity contribution < 1.29 is 46.3 Å². The van der Waals surface area contributed by atoms with Crippen molar-refractivity contribution in [3.63, 3.8) is 0 Å². The van der Waals surface area contributed by atoms with Crippen LogP contribution in [-0.4, -0.2) is 78.3 Å². The highest BCUT2D eigenvalue weighted by Gasteiger charge is 2.31. The zero-order valence-corrected chi connectivity index (χ0v) is 27.0. The number of nitrogens with one attached hydrogen (secondary N) is 3. The Labute approximate surface area is 274 Å². The molecule has 2 heterocycles. The summed E-state index contributed by atoms with van der Waals surface area (Å²) >= 11 is 0. The van der Waals surface area contributed by atoms with Gasteiger partial charge in [0.2, 0.25) is 5.91 Å². The number of hydrogen-bond donors (Lipinski definition) is 4. The van der Waals surface area contributed by atoms with E-state index in [4.69, 9.17) is 0 Å². The largest absolute Gasteiger partial charge is 0.480 e. The molecule has 1 aliphatic rings. The van der Waals surface area contributed by atoms with Crippen LogP contribution in [0.4, 0.5) is 25.0 Å². The second kappa shape index (κ2) is 13.7. The molecule has 1 saturated heterocycles. The number of imide groups is 1. The first-order valence-electron chi connectivity index (χ1n) is 14.4. The molecule has 4 rings (SSSR count). The van der Waals surface area contributed by atoms with Crippen molar-refractivity contribution in [1.82, 2.24) is 20.5 Å². The standard InChI is InChI=1S/C31H32F2N6O8S/c1-31(2,3)36-27(41)23-10-9-20(16-34-23)48(46,47)37-18-14-21(32)26(22(33)15-18)28(42)35-24(29(43)44)13-17-5-7-19(8-6-17)39-25(40)11-12-38(4)30(39)45/h5-10,14-16,24,37H,11-13H2,1-4H3,(H,35,42)(H,36,41)(H,43,44)/t24-/m0/s1. The van der Waals surface area contributed by atoms with E-state index in [9.17, 15) is 37.5 Å². The van der Waals surface area contributed by atoms with Crippen molar-refractivity contribution in [3.05, 3.63) is 83.2 Å². The molecule has 4 N–H and O–H groups in total. The molecule has 0 bridgehead atoms. The summed E-state index contributed by atoms with van der Waals surface area (Å²) in [5, 5.41) is 14.4. The maximum Gasteiger partial charge on any atom is 0.331 e. The lowest BCUT2D eigenvalue weighted by Gasteiger charge is -2.31. The Kier molecular flexibility index (Phi) is 10.1. The summed E-state index contributed by atoms with van der Waals surface area (Å²) in [4.78, 5) is 67.5. The van der Waals surface area contributed by atoms with E-state index in [1.165, 1.54) is 29.2 Å². The van der Waals surface area contributed by atoms with Crippen molar-refractivity contribution in [2.75, 3.05) is 23.2 Å². The van der Waals surface area contributed by atoms with E-state index in [0.29, 0.717) is 17.7 Å². The Morgan fingerprint density at radius 1 is 1.00 bits per heavy atom. The fourth-order valence-electron chi connectivity index (χ4n) is 4.59. The minimum absolute atomic E-state index is 0.0635. The maximum atomic E-state index is 15.0. The summed E-state index contributed by atoms with van der Waals surface area (Å²) in [6.07, 6.45) is 0.690. The molecule has 14 nitrogen and oxygen atoms in total. The number of carbonyl (C=O) groups excluding carboxylic acids is 4. The lowest BCUT2D eigenvalue weighted by atomic mass is 10.0. The first-order chi connectivity index (χ1) is 22.4. The number of anilines is 2. The van der Waals surface area contributed by atoms with Gasteiger partial charge in [0.25, 0.3) is 21.8 Å². The Morgan fingerprint density at radius 2 is 1.62 bits per heavy atom. The second-order valence-electron chi connectivity index (χ2n) is 11.9. The first-order valence-corrected chi connectivity index (χ1v) is 15.9.